The Morgan fingerprint density at radius 3 is 2.43 bits per heavy atom. The molecular weight excluding hydrogens is 379 g/mol. The lowest BCUT2D eigenvalue weighted by Crippen LogP contribution is -2.41. The third kappa shape index (κ3) is 2.98. The highest BCUT2D eigenvalue weighted by Gasteiger charge is 2.56. The molecule has 0 bridgehead atoms. The van der Waals surface area contributed by atoms with Crippen molar-refractivity contribution < 1.29 is 32.6 Å². The summed E-state index contributed by atoms with van der Waals surface area (Å²) in [5.74, 6) is -1.88. The predicted octanol–water partition coefficient (Wildman–Crippen LogP) is 2.52. The fraction of sp³-hybridized carbons (Fsp3) is 0.389. The molecule has 1 aromatic heterocycles. The molecule has 1 fully saturated rings. The van der Waals surface area contributed by atoms with E-state index < -0.39 is 23.8 Å². The maximum absolute atomic E-state index is 13.2. The van der Waals surface area contributed by atoms with Crippen molar-refractivity contribution in [1.82, 2.24) is 14.7 Å². The molecule has 1 unspecified atom stereocenters. The number of carbonyl (C=O) groups is 2. The largest absolute Gasteiger partial charge is 0.573 e. The van der Waals surface area contributed by atoms with Crippen molar-refractivity contribution in [2.75, 3.05) is 0 Å². The number of nitrogens with zero attached hydrogens (tertiary/aromatic N) is 3. The predicted molar refractivity (Wildman–Crippen MR) is 88.2 cm³/mol. The maximum Gasteiger partial charge on any atom is 0.573 e. The lowest BCUT2D eigenvalue weighted by Gasteiger charge is -2.27. The fourth-order valence-electron chi connectivity index (χ4n) is 3.78. The van der Waals surface area contributed by atoms with Crippen LogP contribution in [0.15, 0.2) is 30.5 Å². The average Bonchev–Trinajstić information content (AvgIpc) is 3.21. The van der Waals surface area contributed by atoms with Gasteiger partial charge in [0.05, 0.1) is 17.7 Å². The Labute approximate surface area is 157 Å². The molecule has 0 radical (unpaired) electrons. The van der Waals surface area contributed by atoms with Gasteiger partial charge in [-0.2, -0.15) is 5.10 Å². The summed E-state index contributed by atoms with van der Waals surface area (Å²) >= 11 is 0. The van der Waals surface area contributed by atoms with Crippen LogP contribution in [0.25, 0.3) is 0 Å². The first-order chi connectivity index (χ1) is 13.1. The van der Waals surface area contributed by atoms with E-state index in [1.807, 2.05) is 0 Å². The first kappa shape index (κ1) is 18.3. The summed E-state index contributed by atoms with van der Waals surface area (Å²) in [5, 5.41) is 13.8. The van der Waals surface area contributed by atoms with Gasteiger partial charge in [0.25, 0.3) is 0 Å². The van der Waals surface area contributed by atoms with Crippen molar-refractivity contribution in [3.05, 3.63) is 47.3 Å². The zero-order valence-electron chi connectivity index (χ0n) is 14.7. The number of halogens is 3. The minimum Gasteiger partial charge on any atom is -0.479 e. The van der Waals surface area contributed by atoms with Gasteiger partial charge in [-0.3, -0.25) is 9.48 Å². The molecule has 1 N–H and O–H groups in total. The van der Waals surface area contributed by atoms with Crippen molar-refractivity contribution in [3.8, 4) is 5.75 Å². The lowest BCUT2D eigenvalue weighted by atomic mass is 9.93. The molecule has 2 aliphatic rings. The molecule has 1 aromatic carbocycles. The highest BCUT2D eigenvalue weighted by molar-refractivity contribution is 5.95. The Hall–Kier alpha value is -3.04. The topological polar surface area (TPSA) is 84.7 Å². The number of benzene rings is 1. The van der Waals surface area contributed by atoms with E-state index in [4.69, 9.17) is 0 Å². The van der Waals surface area contributed by atoms with Crippen molar-refractivity contribution in [2.24, 2.45) is 7.05 Å². The van der Waals surface area contributed by atoms with Gasteiger partial charge < -0.3 is 14.7 Å². The second kappa shape index (κ2) is 5.98. The molecule has 7 nitrogen and oxygen atoms in total. The number of fused-ring (bicyclic) bond motifs is 1. The number of aliphatic carboxylic acids is 1. The van der Waals surface area contributed by atoms with E-state index in [1.165, 1.54) is 21.7 Å². The summed E-state index contributed by atoms with van der Waals surface area (Å²) in [4.78, 5) is 26.3. The fourth-order valence-corrected chi connectivity index (χ4v) is 3.78. The number of carbonyl (C=O) groups excluding carboxylic acids is 1. The molecule has 1 aliphatic carbocycles. The maximum atomic E-state index is 13.2. The number of carboxylic acid groups (broad SMARTS) is 1. The molecule has 28 heavy (non-hydrogen) atoms. The first-order valence-electron chi connectivity index (χ1n) is 8.53. The van der Waals surface area contributed by atoms with Crippen LogP contribution in [0.2, 0.25) is 0 Å². The van der Waals surface area contributed by atoms with Crippen molar-refractivity contribution in [2.45, 2.75) is 37.2 Å². The lowest BCUT2D eigenvalue weighted by molar-refractivity contribution is -0.274. The van der Waals surface area contributed by atoms with Crippen LogP contribution in [-0.4, -0.2) is 38.0 Å². The number of hydrogen-bond acceptors (Lipinski definition) is 4. The van der Waals surface area contributed by atoms with E-state index in [-0.39, 0.29) is 18.2 Å². The highest BCUT2D eigenvalue weighted by atomic mass is 19.4. The number of amides is 1. The van der Waals surface area contributed by atoms with Crippen LogP contribution in [-0.2, 0) is 28.6 Å². The van der Waals surface area contributed by atoms with Gasteiger partial charge in [-0.15, -0.1) is 13.2 Å². The van der Waals surface area contributed by atoms with Crippen LogP contribution < -0.4 is 4.74 Å². The van der Waals surface area contributed by atoms with Gasteiger partial charge in [0, 0.05) is 18.8 Å². The molecule has 10 heteroatoms. The Balaban J connectivity index is 1.59. The molecule has 0 spiro atoms. The summed E-state index contributed by atoms with van der Waals surface area (Å²) in [6, 6.07) is 4.03. The van der Waals surface area contributed by atoms with E-state index in [0.29, 0.717) is 29.7 Å². The van der Waals surface area contributed by atoms with Gasteiger partial charge in [0.15, 0.2) is 6.04 Å². The van der Waals surface area contributed by atoms with Gasteiger partial charge >= 0.3 is 12.3 Å². The summed E-state index contributed by atoms with van der Waals surface area (Å²) in [6.45, 7) is 0.0863. The summed E-state index contributed by atoms with van der Waals surface area (Å²) in [6.07, 6.45) is -2.21. The van der Waals surface area contributed by atoms with Gasteiger partial charge in [-0.1, -0.05) is 12.1 Å². The van der Waals surface area contributed by atoms with Crippen LogP contribution in [0.3, 0.4) is 0 Å². The molecule has 1 amide bonds. The summed E-state index contributed by atoms with van der Waals surface area (Å²) in [5.41, 5.74) is 0.637. The van der Waals surface area contributed by atoms with E-state index in [2.05, 4.69) is 9.84 Å². The molecule has 1 aliphatic heterocycles. The highest BCUT2D eigenvalue weighted by Crippen LogP contribution is 2.52. The minimum atomic E-state index is -4.79. The van der Waals surface area contributed by atoms with Crippen molar-refractivity contribution in [1.29, 1.82) is 0 Å². The molecule has 4 rings (SSSR count). The second-order valence-electron chi connectivity index (χ2n) is 7.03. The molecular formula is C18H16F3N3O4. The molecule has 148 valence electrons. The smallest absolute Gasteiger partial charge is 0.479 e. The Morgan fingerprint density at radius 1 is 1.25 bits per heavy atom. The zero-order valence-corrected chi connectivity index (χ0v) is 14.7. The van der Waals surface area contributed by atoms with E-state index in [9.17, 15) is 27.9 Å². The standard InChI is InChI=1S/C18H16F3N3O4/c1-23-8-12-13(22-23)9-24(14(12)15(25)26)16(27)17(6-7-17)10-2-4-11(5-3-10)28-18(19,20)21/h2-5,8,14H,6-7,9H2,1H3,(H,25,26). The minimum absolute atomic E-state index is 0.0863. The van der Waals surface area contributed by atoms with E-state index in [0.717, 1.165) is 12.1 Å². The molecule has 1 saturated carbocycles. The number of alkyl halides is 3. The number of rotatable bonds is 4. The molecule has 0 saturated heterocycles. The number of carboxylic acids is 1. The van der Waals surface area contributed by atoms with Crippen LogP contribution in [0.4, 0.5) is 13.2 Å². The van der Waals surface area contributed by atoms with Crippen molar-refractivity contribution >= 4 is 11.9 Å². The number of hydrogen-bond donors (Lipinski definition) is 1. The number of ether oxygens (including phenoxy) is 1. The SMILES string of the molecule is Cn1cc2c(n1)CN(C(=O)C1(c3ccc(OC(F)(F)F)cc3)CC1)C2C(=O)O. The second-order valence-corrected chi connectivity index (χ2v) is 7.03. The average molecular weight is 395 g/mol. The van der Waals surface area contributed by atoms with Gasteiger partial charge in [-0.05, 0) is 30.5 Å². The summed E-state index contributed by atoms with van der Waals surface area (Å²) in [7, 11) is 1.68. The zero-order chi connectivity index (χ0) is 20.3. The van der Waals surface area contributed by atoms with Gasteiger partial charge in [0.2, 0.25) is 5.91 Å². The molecule has 1 atom stereocenters. The number of aryl methyl sites for hydroxylation is 1. The first-order valence-corrected chi connectivity index (χ1v) is 8.53. The molecule has 2 aromatic rings. The van der Waals surface area contributed by atoms with Crippen LogP contribution >= 0.6 is 0 Å². The van der Waals surface area contributed by atoms with Crippen molar-refractivity contribution in [3.63, 3.8) is 0 Å². The Morgan fingerprint density at radius 2 is 1.89 bits per heavy atom. The van der Waals surface area contributed by atoms with Crippen LogP contribution in [0.1, 0.15) is 35.7 Å². The number of aromatic nitrogens is 2. The van der Waals surface area contributed by atoms with E-state index >= 15 is 0 Å². The van der Waals surface area contributed by atoms with Gasteiger partial charge in [0.1, 0.15) is 5.75 Å². The van der Waals surface area contributed by atoms with Gasteiger partial charge in [-0.25, -0.2) is 4.79 Å². The Kier molecular flexibility index (Phi) is 3.91. The monoisotopic (exact) mass is 395 g/mol. The van der Waals surface area contributed by atoms with Crippen LogP contribution in [0, 0.1) is 0 Å². The third-order valence-electron chi connectivity index (χ3n) is 5.16. The normalized spacial score (nSPS) is 20.0. The Bertz CT molecular complexity index is 948. The van der Waals surface area contributed by atoms with Crippen LogP contribution in [0.5, 0.6) is 5.75 Å². The summed E-state index contributed by atoms with van der Waals surface area (Å²) < 4.78 is 42.3. The third-order valence-corrected chi connectivity index (χ3v) is 5.16. The quantitative estimate of drug-likeness (QED) is 0.860. The molecule has 2 heterocycles. The van der Waals surface area contributed by atoms with E-state index in [1.54, 1.807) is 13.2 Å².